The van der Waals surface area contributed by atoms with Gasteiger partial charge in [0, 0.05) is 23.9 Å². The van der Waals surface area contributed by atoms with E-state index in [0.717, 1.165) is 12.8 Å². The minimum Gasteiger partial charge on any atom is -0.452 e. The molecule has 1 atom stereocenters. The van der Waals surface area contributed by atoms with Crippen LogP contribution in [0.3, 0.4) is 0 Å². The van der Waals surface area contributed by atoms with Gasteiger partial charge in [0.1, 0.15) is 5.76 Å². The highest BCUT2D eigenvalue weighted by Gasteiger charge is 2.31. The highest BCUT2D eigenvalue weighted by molar-refractivity contribution is 5.90. The molecule has 4 rings (SSSR count). The summed E-state index contributed by atoms with van der Waals surface area (Å²) < 4.78 is 12.5. The maximum atomic E-state index is 12.6. The molecule has 29 heavy (non-hydrogen) atoms. The minimum atomic E-state index is -1.06. The Morgan fingerprint density at radius 2 is 1.83 bits per heavy atom. The highest BCUT2D eigenvalue weighted by Crippen LogP contribution is 2.24. The van der Waals surface area contributed by atoms with Crippen LogP contribution in [0.2, 0.25) is 0 Å². The van der Waals surface area contributed by atoms with Crippen LogP contribution in [0.15, 0.2) is 76.1 Å². The summed E-state index contributed by atoms with van der Waals surface area (Å²) in [6, 6.07) is 16.9. The number of nitrogens with one attached hydrogen (secondary N) is 1. The van der Waals surface area contributed by atoms with Crippen molar-refractivity contribution in [2.75, 3.05) is 0 Å². The monoisotopic (exact) mass is 392 g/mol. The zero-order valence-electron chi connectivity index (χ0n) is 15.6. The van der Waals surface area contributed by atoms with E-state index in [4.69, 9.17) is 9.15 Å². The quantitative estimate of drug-likeness (QED) is 0.625. The number of esters is 1. The number of ether oxygens (including phenoxy) is 1. The van der Waals surface area contributed by atoms with Gasteiger partial charge in [-0.15, -0.1) is 0 Å². The largest absolute Gasteiger partial charge is 0.452 e. The van der Waals surface area contributed by atoms with Crippen LogP contribution >= 0.6 is 0 Å². The summed E-state index contributed by atoms with van der Waals surface area (Å²) in [4.78, 5) is 37.0. The van der Waals surface area contributed by atoms with E-state index in [1.165, 1.54) is 16.7 Å². The van der Waals surface area contributed by atoms with E-state index in [-0.39, 0.29) is 29.8 Å². The molecule has 148 valence electrons. The Hall–Kier alpha value is -3.61. The fraction of sp³-hybridized carbons (Fsp3) is 0.227. The Kier molecular flexibility index (Phi) is 5.29. The Bertz CT molecular complexity index is 1070. The summed E-state index contributed by atoms with van der Waals surface area (Å²) in [6.07, 6.45) is 2.44. The normalized spacial score (nSPS) is 14.2. The minimum absolute atomic E-state index is 0.0240. The van der Waals surface area contributed by atoms with E-state index in [2.05, 4.69) is 5.32 Å². The van der Waals surface area contributed by atoms with Crippen molar-refractivity contribution >= 4 is 11.9 Å². The molecule has 1 fully saturated rings. The van der Waals surface area contributed by atoms with Crippen LogP contribution in [0.5, 0.6) is 0 Å². The van der Waals surface area contributed by atoms with Crippen molar-refractivity contribution in [2.24, 2.45) is 0 Å². The maximum absolute atomic E-state index is 12.6. The van der Waals surface area contributed by atoms with Gasteiger partial charge in [-0.3, -0.25) is 9.59 Å². The molecular weight excluding hydrogens is 372 g/mol. The molecule has 7 nitrogen and oxygen atoms in total. The number of nitrogens with zero attached hydrogens (tertiary/aromatic N) is 1. The van der Waals surface area contributed by atoms with Gasteiger partial charge in [0.2, 0.25) is 11.9 Å². The second-order valence-corrected chi connectivity index (χ2v) is 6.91. The molecule has 2 aromatic heterocycles. The van der Waals surface area contributed by atoms with Crippen molar-refractivity contribution in [3.63, 3.8) is 0 Å². The number of amides is 1. The Balaban J connectivity index is 1.49. The van der Waals surface area contributed by atoms with Gasteiger partial charge in [0.05, 0.1) is 6.54 Å². The molecule has 0 spiro atoms. The van der Waals surface area contributed by atoms with Crippen LogP contribution in [-0.4, -0.2) is 22.5 Å². The average molecular weight is 392 g/mol. The lowest BCUT2D eigenvalue weighted by Gasteiger charge is -2.17. The van der Waals surface area contributed by atoms with Gasteiger partial charge in [0.15, 0.2) is 0 Å². The van der Waals surface area contributed by atoms with Crippen molar-refractivity contribution in [1.29, 1.82) is 0 Å². The molecule has 1 unspecified atom stereocenters. The zero-order chi connectivity index (χ0) is 20.2. The molecular formula is C22H20N2O5. The van der Waals surface area contributed by atoms with Gasteiger partial charge in [-0.05, 0) is 31.0 Å². The first-order valence-corrected chi connectivity index (χ1v) is 9.40. The van der Waals surface area contributed by atoms with Crippen molar-refractivity contribution in [2.45, 2.75) is 31.5 Å². The third-order valence-corrected chi connectivity index (χ3v) is 4.58. The van der Waals surface area contributed by atoms with Crippen molar-refractivity contribution in [3.05, 3.63) is 94.3 Å². The molecule has 0 saturated heterocycles. The van der Waals surface area contributed by atoms with Crippen LogP contribution in [0.1, 0.15) is 40.8 Å². The predicted octanol–water partition coefficient (Wildman–Crippen LogP) is 2.67. The zero-order valence-corrected chi connectivity index (χ0v) is 15.6. The van der Waals surface area contributed by atoms with Crippen LogP contribution in [0.4, 0.5) is 0 Å². The smallest absolute Gasteiger partial charge is 0.375 e. The van der Waals surface area contributed by atoms with Crippen LogP contribution in [0.25, 0.3) is 0 Å². The van der Waals surface area contributed by atoms with Crippen molar-refractivity contribution < 1.29 is 18.7 Å². The fourth-order valence-electron chi connectivity index (χ4n) is 2.90. The summed E-state index contributed by atoms with van der Waals surface area (Å²) >= 11 is 0. The van der Waals surface area contributed by atoms with Gasteiger partial charge in [0.25, 0.3) is 11.5 Å². The van der Waals surface area contributed by atoms with Gasteiger partial charge in [-0.2, -0.15) is 0 Å². The second kappa shape index (κ2) is 8.18. The summed E-state index contributed by atoms with van der Waals surface area (Å²) in [5.74, 6) is -0.681. The molecule has 3 aromatic rings. The van der Waals surface area contributed by atoms with Gasteiger partial charge in [-0.1, -0.05) is 36.4 Å². The molecule has 7 heteroatoms. The molecule has 1 aromatic carbocycles. The third-order valence-electron chi connectivity index (χ3n) is 4.58. The highest BCUT2D eigenvalue weighted by atomic mass is 16.6. The molecule has 1 saturated carbocycles. The molecule has 0 aliphatic heterocycles. The number of carbonyl (C=O) groups is 2. The summed E-state index contributed by atoms with van der Waals surface area (Å²) in [7, 11) is 0. The first-order valence-electron chi connectivity index (χ1n) is 9.40. The Labute approximate surface area is 166 Å². The first-order chi connectivity index (χ1) is 14.1. The number of aromatic nitrogens is 1. The number of pyridine rings is 1. The van der Waals surface area contributed by atoms with E-state index < -0.39 is 12.1 Å². The Morgan fingerprint density at radius 3 is 2.55 bits per heavy atom. The standard InChI is InChI=1S/C22H20N2O5/c25-19-8-4-5-13-24(19)14-17-11-12-18(28-17)22(27)29-20(15-6-2-1-3-7-15)21(26)23-16-9-10-16/h1-8,11-13,16,20H,9-10,14H2,(H,23,26). The average Bonchev–Trinajstić information content (AvgIpc) is 3.42. The van der Waals surface area contributed by atoms with Gasteiger partial charge < -0.3 is 19.0 Å². The molecule has 1 N–H and O–H groups in total. The molecule has 1 aliphatic rings. The lowest BCUT2D eigenvalue weighted by Crippen LogP contribution is -2.33. The van der Waals surface area contributed by atoms with Gasteiger partial charge in [-0.25, -0.2) is 4.79 Å². The van der Waals surface area contributed by atoms with E-state index >= 15 is 0 Å². The van der Waals surface area contributed by atoms with E-state index in [9.17, 15) is 14.4 Å². The fourth-order valence-corrected chi connectivity index (χ4v) is 2.90. The number of benzene rings is 1. The van der Waals surface area contributed by atoms with Crippen LogP contribution < -0.4 is 10.9 Å². The molecule has 1 amide bonds. The summed E-state index contributed by atoms with van der Waals surface area (Å²) in [5, 5.41) is 2.87. The molecule has 2 heterocycles. The van der Waals surface area contributed by atoms with Crippen LogP contribution in [-0.2, 0) is 16.1 Å². The topological polar surface area (TPSA) is 90.5 Å². The van der Waals surface area contributed by atoms with E-state index in [1.54, 1.807) is 48.7 Å². The SMILES string of the molecule is O=C(OC(C(=O)NC1CC1)c1ccccc1)c1ccc(Cn2ccccc2=O)o1. The summed E-state index contributed by atoms with van der Waals surface area (Å²) in [6.45, 7) is 0.192. The van der Waals surface area contributed by atoms with Crippen molar-refractivity contribution in [3.8, 4) is 0 Å². The third kappa shape index (κ3) is 4.63. The lowest BCUT2D eigenvalue weighted by atomic mass is 10.1. The second-order valence-electron chi connectivity index (χ2n) is 6.91. The number of hydrogen-bond donors (Lipinski definition) is 1. The molecule has 1 aliphatic carbocycles. The summed E-state index contributed by atoms with van der Waals surface area (Å²) in [5.41, 5.74) is 0.413. The number of hydrogen-bond acceptors (Lipinski definition) is 5. The van der Waals surface area contributed by atoms with Crippen molar-refractivity contribution in [1.82, 2.24) is 9.88 Å². The number of rotatable bonds is 7. The van der Waals surface area contributed by atoms with E-state index in [0.29, 0.717) is 11.3 Å². The number of carbonyl (C=O) groups excluding carboxylic acids is 2. The molecule has 0 bridgehead atoms. The van der Waals surface area contributed by atoms with Gasteiger partial charge >= 0.3 is 5.97 Å². The lowest BCUT2D eigenvalue weighted by molar-refractivity contribution is -0.130. The maximum Gasteiger partial charge on any atom is 0.375 e. The molecule has 0 radical (unpaired) electrons. The Morgan fingerprint density at radius 1 is 1.07 bits per heavy atom. The first kappa shape index (κ1) is 18.7. The predicted molar refractivity (Wildman–Crippen MR) is 104 cm³/mol. The van der Waals surface area contributed by atoms with Crippen LogP contribution in [0, 0.1) is 0 Å². The number of furan rings is 1. The van der Waals surface area contributed by atoms with E-state index in [1.807, 2.05) is 6.07 Å².